The smallest absolute Gasteiger partial charge is 0.228 e. The molecule has 0 spiro atoms. The highest BCUT2D eigenvalue weighted by Crippen LogP contribution is 2.39. The van der Waals surface area contributed by atoms with Crippen LogP contribution in [0.4, 0.5) is 0 Å². The maximum Gasteiger partial charge on any atom is 0.228 e. The maximum atomic E-state index is 13.3. The van der Waals surface area contributed by atoms with E-state index in [0.29, 0.717) is 13.0 Å². The van der Waals surface area contributed by atoms with Gasteiger partial charge in [-0.15, -0.1) is 11.3 Å². The minimum absolute atomic E-state index is 0.121. The highest BCUT2D eigenvalue weighted by molar-refractivity contribution is 7.10. The first-order valence-corrected chi connectivity index (χ1v) is 11.3. The Balaban J connectivity index is 1.57. The van der Waals surface area contributed by atoms with E-state index in [4.69, 9.17) is 4.74 Å². The number of rotatable bonds is 5. The van der Waals surface area contributed by atoms with Crippen molar-refractivity contribution in [2.24, 2.45) is 0 Å². The van der Waals surface area contributed by atoms with Crippen LogP contribution >= 0.6 is 11.3 Å². The van der Waals surface area contributed by atoms with Gasteiger partial charge >= 0.3 is 0 Å². The molecule has 0 aliphatic carbocycles. The zero-order valence-electron chi connectivity index (χ0n) is 16.9. The summed E-state index contributed by atoms with van der Waals surface area (Å²) in [4.78, 5) is 20.1. The molecule has 0 bridgehead atoms. The molecule has 1 aliphatic heterocycles. The molecule has 0 unspecified atom stereocenters. The Morgan fingerprint density at radius 3 is 2.73 bits per heavy atom. The summed E-state index contributed by atoms with van der Waals surface area (Å²) in [7, 11) is 0. The number of ether oxygens (including phenoxy) is 1. The molecule has 2 aromatic heterocycles. The molecule has 0 saturated carbocycles. The number of aromatic amines is 1. The van der Waals surface area contributed by atoms with Crippen LogP contribution in [0, 0.1) is 0 Å². The number of hydrogen-bond donors (Lipinski definition) is 1. The molecule has 152 valence electrons. The Kier molecular flexibility index (Phi) is 5.05. The minimum atomic E-state index is -0.121. The Bertz CT molecular complexity index is 1160. The topological polar surface area (TPSA) is 45.3 Å². The third-order valence-electron chi connectivity index (χ3n) is 5.77. The van der Waals surface area contributed by atoms with E-state index in [9.17, 15) is 4.79 Å². The standard InChI is InChI=1S/C25H24N2O2S/c1-2-29-18-11-9-17(10-12-18)25-24-21(20-7-3-4-8-22(20)26-24)13-14-27(25)23(28)16-19-6-5-15-30-19/h3-12,15,25-26H,2,13-14,16H2,1H3/t25-/m0/s1. The fraction of sp³-hybridized carbons (Fsp3) is 0.240. The van der Waals surface area contributed by atoms with Gasteiger partial charge in [-0.25, -0.2) is 0 Å². The van der Waals surface area contributed by atoms with E-state index in [0.717, 1.165) is 40.4 Å². The predicted octanol–water partition coefficient (Wildman–Crippen LogP) is 5.34. The van der Waals surface area contributed by atoms with Gasteiger partial charge in [0.05, 0.1) is 19.1 Å². The number of amides is 1. The number of H-pyrrole nitrogens is 1. The van der Waals surface area contributed by atoms with Gasteiger partial charge in [0.25, 0.3) is 0 Å². The van der Waals surface area contributed by atoms with Crippen LogP contribution in [0.1, 0.15) is 34.7 Å². The van der Waals surface area contributed by atoms with E-state index in [1.54, 1.807) is 11.3 Å². The summed E-state index contributed by atoms with van der Waals surface area (Å²) in [6, 6.07) is 20.5. The van der Waals surface area contributed by atoms with Crippen molar-refractivity contribution < 1.29 is 9.53 Å². The summed E-state index contributed by atoms with van der Waals surface area (Å²) in [6.07, 6.45) is 1.31. The van der Waals surface area contributed by atoms with E-state index < -0.39 is 0 Å². The lowest BCUT2D eigenvalue weighted by molar-refractivity contribution is -0.132. The monoisotopic (exact) mass is 416 g/mol. The molecule has 0 fully saturated rings. The lowest BCUT2D eigenvalue weighted by atomic mass is 9.92. The normalized spacial score (nSPS) is 15.9. The van der Waals surface area contributed by atoms with Crippen LogP contribution in [0.25, 0.3) is 10.9 Å². The Hall–Kier alpha value is -3.05. The third kappa shape index (κ3) is 3.39. The molecule has 0 saturated heterocycles. The second kappa shape index (κ2) is 8.00. The number of thiophene rings is 1. The zero-order chi connectivity index (χ0) is 20.5. The molecular weight excluding hydrogens is 392 g/mol. The van der Waals surface area contributed by atoms with E-state index in [2.05, 4.69) is 41.4 Å². The molecule has 4 aromatic rings. The number of para-hydroxylation sites is 1. The van der Waals surface area contributed by atoms with Crippen LogP contribution in [-0.4, -0.2) is 28.9 Å². The zero-order valence-corrected chi connectivity index (χ0v) is 17.7. The molecule has 3 heterocycles. The van der Waals surface area contributed by atoms with Crippen LogP contribution in [0.5, 0.6) is 5.75 Å². The van der Waals surface area contributed by atoms with Crippen molar-refractivity contribution in [3.63, 3.8) is 0 Å². The molecular formula is C25H24N2O2S. The Morgan fingerprint density at radius 1 is 1.13 bits per heavy atom. The number of fused-ring (bicyclic) bond motifs is 3. The Labute approximate surface area is 180 Å². The summed E-state index contributed by atoms with van der Waals surface area (Å²) in [5.74, 6) is 1.02. The van der Waals surface area contributed by atoms with Gasteiger partial charge in [-0.3, -0.25) is 4.79 Å². The van der Waals surface area contributed by atoms with Gasteiger partial charge in [0.2, 0.25) is 5.91 Å². The van der Waals surface area contributed by atoms with Gasteiger partial charge in [-0.2, -0.15) is 0 Å². The van der Waals surface area contributed by atoms with Crippen molar-refractivity contribution in [3.05, 3.63) is 87.7 Å². The number of carbonyl (C=O) groups excluding carboxylic acids is 1. The molecule has 5 heteroatoms. The first-order valence-electron chi connectivity index (χ1n) is 10.4. The molecule has 4 nitrogen and oxygen atoms in total. The van der Waals surface area contributed by atoms with Crippen LogP contribution in [0.15, 0.2) is 66.0 Å². The van der Waals surface area contributed by atoms with Crippen molar-refractivity contribution in [3.8, 4) is 5.75 Å². The van der Waals surface area contributed by atoms with E-state index in [1.807, 2.05) is 41.5 Å². The highest BCUT2D eigenvalue weighted by Gasteiger charge is 2.34. The minimum Gasteiger partial charge on any atom is -0.494 e. The van der Waals surface area contributed by atoms with Gasteiger partial charge < -0.3 is 14.6 Å². The fourth-order valence-corrected chi connectivity index (χ4v) is 5.13. The van der Waals surface area contributed by atoms with Gasteiger partial charge in [-0.1, -0.05) is 36.4 Å². The second-order valence-electron chi connectivity index (χ2n) is 7.56. The number of nitrogens with zero attached hydrogens (tertiary/aromatic N) is 1. The predicted molar refractivity (Wildman–Crippen MR) is 121 cm³/mol. The van der Waals surface area contributed by atoms with E-state index in [1.165, 1.54) is 10.9 Å². The average molecular weight is 417 g/mol. The van der Waals surface area contributed by atoms with Crippen molar-refractivity contribution in [1.82, 2.24) is 9.88 Å². The molecule has 1 N–H and O–H groups in total. The average Bonchev–Trinajstić information content (AvgIpc) is 3.41. The van der Waals surface area contributed by atoms with Gasteiger partial charge in [0, 0.05) is 28.0 Å². The molecule has 0 radical (unpaired) electrons. The first-order chi connectivity index (χ1) is 14.7. The summed E-state index contributed by atoms with van der Waals surface area (Å²) in [6.45, 7) is 3.34. The summed E-state index contributed by atoms with van der Waals surface area (Å²) >= 11 is 1.64. The van der Waals surface area contributed by atoms with Gasteiger partial charge in [0.15, 0.2) is 0 Å². The number of benzene rings is 2. The van der Waals surface area contributed by atoms with Crippen molar-refractivity contribution >= 4 is 28.1 Å². The van der Waals surface area contributed by atoms with E-state index in [-0.39, 0.29) is 11.9 Å². The van der Waals surface area contributed by atoms with Crippen LogP contribution < -0.4 is 4.74 Å². The maximum absolute atomic E-state index is 13.3. The van der Waals surface area contributed by atoms with Crippen LogP contribution in [-0.2, 0) is 17.6 Å². The highest BCUT2D eigenvalue weighted by atomic mass is 32.1. The largest absolute Gasteiger partial charge is 0.494 e. The third-order valence-corrected chi connectivity index (χ3v) is 6.64. The van der Waals surface area contributed by atoms with Crippen LogP contribution in [0.2, 0.25) is 0 Å². The SMILES string of the molecule is CCOc1ccc([C@H]2c3[nH]c4ccccc4c3CCN2C(=O)Cc2cccs2)cc1. The first kappa shape index (κ1) is 18.9. The van der Waals surface area contributed by atoms with Crippen molar-refractivity contribution in [1.29, 1.82) is 0 Å². The van der Waals surface area contributed by atoms with Crippen molar-refractivity contribution in [2.75, 3.05) is 13.2 Å². The molecule has 2 aromatic carbocycles. The van der Waals surface area contributed by atoms with Crippen molar-refractivity contribution in [2.45, 2.75) is 25.8 Å². The summed E-state index contributed by atoms with van der Waals surface area (Å²) in [5.41, 5.74) is 4.69. The second-order valence-corrected chi connectivity index (χ2v) is 8.59. The molecule has 5 rings (SSSR count). The molecule has 1 atom stereocenters. The molecule has 1 aliphatic rings. The number of aromatic nitrogens is 1. The quantitative estimate of drug-likeness (QED) is 0.477. The fourth-order valence-electron chi connectivity index (χ4n) is 4.43. The lowest BCUT2D eigenvalue weighted by Crippen LogP contribution is -2.41. The number of hydrogen-bond acceptors (Lipinski definition) is 3. The van der Waals surface area contributed by atoms with Gasteiger partial charge in [0.1, 0.15) is 5.75 Å². The number of carbonyl (C=O) groups is 1. The Morgan fingerprint density at radius 2 is 1.97 bits per heavy atom. The summed E-state index contributed by atoms with van der Waals surface area (Å²) in [5, 5.41) is 3.28. The lowest BCUT2D eigenvalue weighted by Gasteiger charge is -2.36. The molecule has 1 amide bonds. The number of nitrogens with one attached hydrogen (secondary N) is 1. The van der Waals surface area contributed by atoms with E-state index >= 15 is 0 Å². The molecule has 30 heavy (non-hydrogen) atoms. The summed E-state index contributed by atoms with van der Waals surface area (Å²) < 4.78 is 5.62. The van der Waals surface area contributed by atoms with Crippen LogP contribution in [0.3, 0.4) is 0 Å². The van der Waals surface area contributed by atoms with Gasteiger partial charge in [-0.05, 0) is 54.1 Å².